The lowest BCUT2D eigenvalue weighted by atomic mass is 9.92. The minimum atomic E-state index is -0.967. The van der Waals surface area contributed by atoms with Gasteiger partial charge in [0.25, 0.3) is 5.56 Å². The average Bonchev–Trinajstić information content (AvgIpc) is 3.14. The number of amides is 2. The fraction of sp³-hybridized carbons (Fsp3) is 0.333. The summed E-state index contributed by atoms with van der Waals surface area (Å²) in [6.07, 6.45) is 1.88. The highest BCUT2D eigenvalue weighted by molar-refractivity contribution is 6.35. The van der Waals surface area contributed by atoms with Gasteiger partial charge in [-0.2, -0.15) is 4.98 Å². The lowest BCUT2D eigenvalue weighted by molar-refractivity contribution is -0.123. The number of aromatic amines is 1. The van der Waals surface area contributed by atoms with Crippen LogP contribution in [0.4, 0.5) is 17.5 Å². The summed E-state index contributed by atoms with van der Waals surface area (Å²) >= 11 is 11.9. The molecule has 1 atom stereocenters. The molecule has 8 nitrogen and oxygen atoms in total. The molecule has 3 heterocycles. The zero-order chi connectivity index (χ0) is 19.8. The number of aromatic nitrogens is 2. The monoisotopic (exact) mass is 421 g/mol. The zero-order valence-corrected chi connectivity index (χ0v) is 16.2. The number of carbonyl (C=O) groups is 2. The molecule has 146 valence electrons. The summed E-state index contributed by atoms with van der Waals surface area (Å²) in [7, 11) is 0. The molecule has 3 N–H and O–H groups in total. The Bertz CT molecular complexity index is 997. The third-order valence-electron chi connectivity index (χ3n) is 4.79. The van der Waals surface area contributed by atoms with Gasteiger partial charge in [0, 0.05) is 35.2 Å². The van der Waals surface area contributed by atoms with E-state index in [4.69, 9.17) is 23.2 Å². The van der Waals surface area contributed by atoms with Gasteiger partial charge in [0.05, 0.1) is 11.5 Å². The van der Waals surface area contributed by atoms with Gasteiger partial charge in [-0.25, -0.2) is 0 Å². The first-order chi connectivity index (χ1) is 13.4. The maximum Gasteiger partial charge on any atom is 0.258 e. The van der Waals surface area contributed by atoms with E-state index in [2.05, 4.69) is 20.6 Å². The number of H-pyrrole nitrogens is 1. The number of nitrogens with one attached hydrogen (secondary N) is 3. The Hall–Kier alpha value is -2.58. The van der Waals surface area contributed by atoms with Crippen LogP contribution in [0, 0.1) is 0 Å². The minimum Gasteiger partial charge on any atom is -0.342 e. The minimum absolute atomic E-state index is 0.131. The number of rotatable bonds is 3. The van der Waals surface area contributed by atoms with Crippen molar-refractivity contribution in [1.82, 2.24) is 9.97 Å². The number of halogens is 2. The van der Waals surface area contributed by atoms with Gasteiger partial charge in [0.2, 0.25) is 17.8 Å². The highest BCUT2D eigenvalue weighted by atomic mass is 35.5. The topological polar surface area (TPSA) is 107 Å². The highest BCUT2D eigenvalue weighted by Gasteiger charge is 2.35. The van der Waals surface area contributed by atoms with Crippen molar-refractivity contribution in [2.24, 2.45) is 0 Å². The van der Waals surface area contributed by atoms with E-state index in [0.717, 1.165) is 25.9 Å². The third kappa shape index (κ3) is 3.70. The SMILES string of the molecule is O=C1C[C@H](C(=O)Nc2cc(Cl)cc(Cl)c2)c2c(nc(N3CCCC3)[nH]c2=O)N1. The predicted molar refractivity (Wildman–Crippen MR) is 107 cm³/mol. The van der Waals surface area contributed by atoms with Crippen LogP contribution in [0.2, 0.25) is 10.0 Å². The fourth-order valence-corrected chi connectivity index (χ4v) is 4.04. The van der Waals surface area contributed by atoms with Gasteiger partial charge in [-0.1, -0.05) is 23.2 Å². The number of anilines is 3. The van der Waals surface area contributed by atoms with Crippen molar-refractivity contribution in [3.8, 4) is 0 Å². The van der Waals surface area contributed by atoms with E-state index in [9.17, 15) is 14.4 Å². The summed E-state index contributed by atoms with van der Waals surface area (Å²) in [5.74, 6) is -1.31. The van der Waals surface area contributed by atoms with Crippen LogP contribution in [0.5, 0.6) is 0 Å². The Morgan fingerprint density at radius 2 is 1.82 bits per heavy atom. The number of carbonyl (C=O) groups excluding carboxylic acids is 2. The van der Waals surface area contributed by atoms with E-state index in [1.54, 1.807) is 0 Å². The molecule has 0 saturated carbocycles. The van der Waals surface area contributed by atoms with Crippen molar-refractivity contribution in [2.75, 3.05) is 28.6 Å². The summed E-state index contributed by atoms with van der Waals surface area (Å²) in [5.41, 5.74) is 0.0949. The van der Waals surface area contributed by atoms with Crippen LogP contribution in [0.25, 0.3) is 0 Å². The Labute approximate surface area is 170 Å². The first kappa shape index (κ1) is 18.8. The van der Waals surface area contributed by atoms with Crippen molar-refractivity contribution in [1.29, 1.82) is 0 Å². The molecule has 1 aromatic heterocycles. The summed E-state index contributed by atoms with van der Waals surface area (Å²) in [6.45, 7) is 1.57. The number of hydrogen-bond donors (Lipinski definition) is 3. The summed E-state index contributed by atoms with van der Waals surface area (Å²) < 4.78 is 0. The maximum absolute atomic E-state index is 12.8. The van der Waals surface area contributed by atoms with Crippen molar-refractivity contribution >= 4 is 52.5 Å². The van der Waals surface area contributed by atoms with E-state index >= 15 is 0 Å². The van der Waals surface area contributed by atoms with Crippen LogP contribution in [0.3, 0.4) is 0 Å². The zero-order valence-electron chi connectivity index (χ0n) is 14.7. The van der Waals surface area contributed by atoms with Gasteiger partial charge >= 0.3 is 0 Å². The molecule has 2 aliphatic rings. The molecule has 2 aromatic rings. The molecule has 1 aromatic carbocycles. The molecule has 1 saturated heterocycles. The number of benzene rings is 1. The van der Waals surface area contributed by atoms with E-state index in [1.165, 1.54) is 18.2 Å². The Kier molecular flexibility index (Phi) is 4.99. The van der Waals surface area contributed by atoms with Crippen LogP contribution in [0.1, 0.15) is 30.7 Å². The molecule has 0 unspecified atom stereocenters. The van der Waals surface area contributed by atoms with Crippen molar-refractivity contribution in [2.45, 2.75) is 25.2 Å². The molecular weight excluding hydrogens is 405 g/mol. The average molecular weight is 422 g/mol. The Morgan fingerprint density at radius 3 is 2.50 bits per heavy atom. The van der Waals surface area contributed by atoms with Crippen LogP contribution in [-0.4, -0.2) is 34.9 Å². The summed E-state index contributed by atoms with van der Waals surface area (Å²) in [5, 5.41) is 6.01. The first-order valence-corrected chi connectivity index (χ1v) is 9.62. The number of hydrogen-bond acceptors (Lipinski definition) is 5. The van der Waals surface area contributed by atoms with Gasteiger partial charge in [-0.15, -0.1) is 0 Å². The fourth-order valence-electron chi connectivity index (χ4n) is 3.52. The van der Waals surface area contributed by atoms with Crippen molar-refractivity contribution in [3.63, 3.8) is 0 Å². The largest absolute Gasteiger partial charge is 0.342 e. The van der Waals surface area contributed by atoms with Gasteiger partial charge in [0.1, 0.15) is 5.82 Å². The summed E-state index contributed by atoms with van der Waals surface area (Å²) in [6, 6.07) is 4.61. The number of fused-ring (bicyclic) bond motifs is 1. The van der Waals surface area contributed by atoms with E-state index in [0.29, 0.717) is 21.7 Å². The molecule has 2 amide bonds. The summed E-state index contributed by atoms with van der Waals surface area (Å²) in [4.78, 5) is 46.8. The van der Waals surface area contributed by atoms with Crippen LogP contribution in [0.15, 0.2) is 23.0 Å². The lowest BCUT2D eigenvalue weighted by Gasteiger charge is -2.25. The Morgan fingerprint density at radius 1 is 1.14 bits per heavy atom. The van der Waals surface area contributed by atoms with E-state index in [1.807, 2.05) is 4.90 Å². The van der Waals surface area contributed by atoms with Gasteiger partial charge in [-0.05, 0) is 31.0 Å². The molecule has 0 aliphatic carbocycles. The predicted octanol–water partition coefficient (Wildman–Crippen LogP) is 2.74. The smallest absolute Gasteiger partial charge is 0.258 e. The second kappa shape index (κ2) is 7.44. The van der Waals surface area contributed by atoms with E-state index in [-0.39, 0.29) is 23.7 Å². The normalized spacial score (nSPS) is 18.6. The Balaban J connectivity index is 1.66. The molecule has 0 bridgehead atoms. The van der Waals surface area contributed by atoms with Crippen LogP contribution < -0.4 is 21.1 Å². The maximum atomic E-state index is 12.8. The van der Waals surface area contributed by atoms with Crippen molar-refractivity contribution in [3.05, 3.63) is 44.2 Å². The lowest BCUT2D eigenvalue weighted by Crippen LogP contribution is -2.37. The van der Waals surface area contributed by atoms with E-state index < -0.39 is 17.4 Å². The number of nitrogens with zero attached hydrogens (tertiary/aromatic N) is 2. The third-order valence-corrected chi connectivity index (χ3v) is 5.23. The molecule has 10 heteroatoms. The van der Waals surface area contributed by atoms with Gasteiger partial charge < -0.3 is 15.5 Å². The van der Waals surface area contributed by atoms with Crippen LogP contribution >= 0.6 is 23.2 Å². The molecule has 0 spiro atoms. The molecule has 0 radical (unpaired) electrons. The second-order valence-electron chi connectivity index (χ2n) is 6.80. The van der Waals surface area contributed by atoms with Gasteiger partial charge in [0.15, 0.2) is 0 Å². The first-order valence-electron chi connectivity index (χ1n) is 8.86. The molecule has 2 aliphatic heterocycles. The molecule has 4 rings (SSSR count). The second-order valence-corrected chi connectivity index (χ2v) is 7.67. The highest BCUT2D eigenvalue weighted by Crippen LogP contribution is 2.31. The van der Waals surface area contributed by atoms with Gasteiger partial charge in [-0.3, -0.25) is 19.4 Å². The molecule has 1 fully saturated rings. The quantitative estimate of drug-likeness (QED) is 0.705. The standard InChI is InChI=1S/C18H17Cl2N5O3/c19-9-5-10(20)7-11(6-9)21-16(27)12-8-13(26)22-15-14(12)17(28)24-18(23-15)25-3-1-2-4-25/h5-7,12H,1-4,8H2,(H,21,27)(H2,22,23,24,26,28)/t12-/m0/s1. The van der Waals surface area contributed by atoms with Crippen molar-refractivity contribution < 1.29 is 9.59 Å². The molecular formula is C18H17Cl2N5O3. The van der Waals surface area contributed by atoms with Crippen LogP contribution in [-0.2, 0) is 9.59 Å². The molecule has 28 heavy (non-hydrogen) atoms.